The molecule has 0 fully saturated rings. The van der Waals surface area contributed by atoms with E-state index >= 15 is 0 Å². The van der Waals surface area contributed by atoms with Crippen molar-refractivity contribution in [3.63, 3.8) is 0 Å². The van der Waals surface area contributed by atoms with Crippen LogP contribution in [0.1, 0.15) is 47.7 Å². The molecule has 0 aliphatic carbocycles. The van der Waals surface area contributed by atoms with E-state index in [4.69, 9.17) is 9.47 Å². The first kappa shape index (κ1) is 19.5. The Hall–Kier alpha value is -2.82. The number of methoxy groups -OCH3 is 1. The molecule has 0 aliphatic heterocycles. The minimum Gasteiger partial charge on any atom is -0.493 e. The molecule has 0 bridgehead atoms. The van der Waals surface area contributed by atoms with Crippen LogP contribution < -0.4 is 14.9 Å². The second-order valence-corrected chi connectivity index (χ2v) is 5.98. The number of rotatable bonds is 9. The zero-order valence-electron chi connectivity index (χ0n) is 15.6. The lowest BCUT2D eigenvalue weighted by Gasteiger charge is -2.11. The standard InChI is InChI=1S/C21H26N2O3/c1-4-5-8-13-26-19-12-11-17(14-20(19)25-3)15-22-23-21(24)18-10-7-6-9-16(18)2/h6-7,9-12,14-15H,4-5,8,13H2,1-3H3,(H,23,24)/b22-15+. The zero-order chi connectivity index (χ0) is 18.8. The molecule has 0 atom stereocenters. The Morgan fingerprint density at radius 1 is 1.15 bits per heavy atom. The summed E-state index contributed by atoms with van der Waals surface area (Å²) in [7, 11) is 1.61. The smallest absolute Gasteiger partial charge is 0.271 e. The van der Waals surface area contributed by atoms with Gasteiger partial charge < -0.3 is 9.47 Å². The lowest BCUT2D eigenvalue weighted by atomic mass is 10.1. The predicted molar refractivity (Wildman–Crippen MR) is 104 cm³/mol. The maximum Gasteiger partial charge on any atom is 0.271 e. The van der Waals surface area contributed by atoms with Gasteiger partial charge in [0.25, 0.3) is 5.91 Å². The van der Waals surface area contributed by atoms with Gasteiger partial charge in [-0.2, -0.15) is 5.10 Å². The molecule has 0 aliphatic rings. The number of aryl methyl sites for hydroxylation is 1. The van der Waals surface area contributed by atoms with Gasteiger partial charge in [0, 0.05) is 5.56 Å². The van der Waals surface area contributed by atoms with Crippen molar-refractivity contribution >= 4 is 12.1 Å². The molecule has 2 aromatic carbocycles. The van der Waals surface area contributed by atoms with E-state index in [0.717, 1.165) is 30.4 Å². The Balaban J connectivity index is 1.97. The highest BCUT2D eigenvalue weighted by atomic mass is 16.5. The van der Waals surface area contributed by atoms with Crippen LogP contribution in [0.2, 0.25) is 0 Å². The Morgan fingerprint density at radius 2 is 1.96 bits per heavy atom. The Kier molecular flexibility index (Phi) is 7.68. The molecule has 0 saturated heterocycles. The van der Waals surface area contributed by atoms with Crippen LogP contribution in [0.3, 0.4) is 0 Å². The molecule has 5 heteroatoms. The first-order chi connectivity index (χ1) is 12.7. The number of hydrogen-bond acceptors (Lipinski definition) is 4. The molecule has 5 nitrogen and oxygen atoms in total. The van der Waals surface area contributed by atoms with Crippen LogP contribution in [0.25, 0.3) is 0 Å². The van der Waals surface area contributed by atoms with Crippen molar-refractivity contribution in [3.8, 4) is 11.5 Å². The largest absolute Gasteiger partial charge is 0.493 e. The first-order valence-electron chi connectivity index (χ1n) is 8.85. The predicted octanol–water partition coefficient (Wildman–Crippen LogP) is 4.34. The van der Waals surface area contributed by atoms with Gasteiger partial charge in [-0.15, -0.1) is 0 Å². The van der Waals surface area contributed by atoms with Gasteiger partial charge in [-0.3, -0.25) is 4.79 Å². The number of unbranched alkanes of at least 4 members (excludes halogenated alkanes) is 2. The van der Waals surface area contributed by atoms with Crippen LogP contribution >= 0.6 is 0 Å². The third-order valence-corrected chi connectivity index (χ3v) is 3.96. The Morgan fingerprint density at radius 3 is 2.69 bits per heavy atom. The first-order valence-corrected chi connectivity index (χ1v) is 8.85. The van der Waals surface area contributed by atoms with Crippen LogP contribution in [0.15, 0.2) is 47.6 Å². The van der Waals surface area contributed by atoms with Gasteiger partial charge in [-0.1, -0.05) is 38.0 Å². The minimum absolute atomic E-state index is 0.234. The molecule has 1 N–H and O–H groups in total. The average molecular weight is 354 g/mol. The lowest BCUT2D eigenvalue weighted by Crippen LogP contribution is -2.18. The maximum absolute atomic E-state index is 12.1. The molecule has 0 spiro atoms. The van der Waals surface area contributed by atoms with Crippen LogP contribution in [0.5, 0.6) is 11.5 Å². The molecule has 0 unspecified atom stereocenters. The summed E-state index contributed by atoms with van der Waals surface area (Å²) in [5.41, 5.74) is 4.88. The zero-order valence-corrected chi connectivity index (χ0v) is 15.6. The molecule has 0 radical (unpaired) electrons. The molecule has 0 heterocycles. The maximum atomic E-state index is 12.1. The van der Waals surface area contributed by atoms with Gasteiger partial charge >= 0.3 is 0 Å². The average Bonchev–Trinajstić information content (AvgIpc) is 2.66. The lowest BCUT2D eigenvalue weighted by molar-refractivity contribution is 0.0954. The molecule has 1 amide bonds. The van der Waals surface area contributed by atoms with E-state index in [2.05, 4.69) is 17.5 Å². The number of hydrazone groups is 1. The minimum atomic E-state index is -0.234. The van der Waals surface area contributed by atoms with Crippen LogP contribution in [0, 0.1) is 6.92 Å². The van der Waals surface area contributed by atoms with E-state index in [1.807, 2.05) is 43.3 Å². The summed E-state index contributed by atoms with van der Waals surface area (Å²) in [5.74, 6) is 1.13. The van der Waals surface area contributed by atoms with E-state index in [1.54, 1.807) is 19.4 Å². The van der Waals surface area contributed by atoms with Crippen molar-refractivity contribution in [2.24, 2.45) is 5.10 Å². The van der Waals surface area contributed by atoms with E-state index in [0.29, 0.717) is 23.7 Å². The summed E-state index contributed by atoms with van der Waals surface area (Å²) in [6.07, 6.45) is 4.91. The fourth-order valence-corrected chi connectivity index (χ4v) is 2.47. The number of amides is 1. The summed E-state index contributed by atoms with van der Waals surface area (Å²) in [6, 6.07) is 13.0. The third-order valence-electron chi connectivity index (χ3n) is 3.96. The summed E-state index contributed by atoms with van der Waals surface area (Å²) in [4.78, 5) is 12.1. The van der Waals surface area contributed by atoms with Gasteiger partial charge in [-0.25, -0.2) is 5.43 Å². The van der Waals surface area contributed by atoms with Crippen molar-refractivity contribution in [1.29, 1.82) is 0 Å². The second kappa shape index (κ2) is 10.2. The molecular formula is C21H26N2O3. The number of hydrogen-bond donors (Lipinski definition) is 1. The van der Waals surface area contributed by atoms with E-state index in [-0.39, 0.29) is 5.91 Å². The summed E-state index contributed by atoms with van der Waals surface area (Å²) in [5, 5.41) is 4.03. The number of nitrogens with one attached hydrogen (secondary N) is 1. The number of benzene rings is 2. The van der Waals surface area contributed by atoms with Crippen molar-refractivity contribution in [2.45, 2.75) is 33.1 Å². The fraction of sp³-hybridized carbons (Fsp3) is 0.333. The SMILES string of the molecule is CCCCCOc1ccc(/C=N/NC(=O)c2ccccc2C)cc1OC. The number of carbonyl (C=O) groups is 1. The number of ether oxygens (including phenoxy) is 2. The Labute approximate surface area is 155 Å². The van der Waals surface area contributed by atoms with E-state index in [1.165, 1.54) is 0 Å². The monoisotopic (exact) mass is 354 g/mol. The summed E-state index contributed by atoms with van der Waals surface area (Å²) in [6.45, 7) is 4.72. The molecule has 0 saturated carbocycles. The highest BCUT2D eigenvalue weighted by Gasteiger charge is 2.07. The highest BCUT2D eigenvalue weighted by Crippen LogP contribution is 2.27. The van der Waals surface area contributed by atoms with Crippen molar-refractivity contribution in [3.05, 3.63) is 59.2 Å². The van der Waals surface area contributed by atoms with Gasteiger partial charge in [0.05, 0.1) is 19.9 Å². The van der Waals surface area contributed by atoms with Crippen molar-refractivity contribution < 1.29 is 14.3 Å². The van der Waals surface area contributed by atoms with Gasteiger partial charge in [-0.05, 0) is 48.7 Å². The van der Waals surface area contributed by atoms with E-state index in [9.17, 15) is 4.79 Å². The second-order valence-electron chi connectivity index (χ2n) is 5.98. The van der Waals surface area contributed by atoms with Crippen molar-refractivity contribution in [1.82, 2.24) is 5.43 Å². The molecule has 0 aromatic heterocycles. The molecular weight excluding hydrogens is 328 g/mol. The molecule has 2 rings (SSSR count). The van der Waals surface area contributed by atoms with E-state index < -0.39 is 0 Å². The molecule has 26 heavy (non-hydrogen) atoms. The summed E-state index contributed by atoms with van der Waals surface area (Å²) < 4.78 is 11.1. The number of carbonyl (C=O) groups excluding carboxylic acids is 1. The number of nitrogens with zero attached hydrogens (tertiary/aromatic N) is 1. The van der Waals surface area contributed by atoms with Crippen LogP contribution in [0.4, 0.5) is 0 Å². The van der Waals surface area contributed by atoms with Crippen LogP contribution in [-0.4, -0.2) is 25.8 Å². The quantitative estimate of drug-likeness (QED) is 0.414. The molecule has 138 valence electrons. The normalized spacial score (nSPS) is 10.7. The van der Waals surface area contributed by atoms with Crippen LogP contribution in [-0.2, 0) is 0 Å². The summed E-state index contributed by atoms with van der Waals surface area (Å²) >= 11 is 0. The van der Waals surface area contributed by atoms with Crippen molar-refractivity contribution in [2.75, 3.05) is 13.7 Å². The molecule has 2 aromatic rings. The third kappa shape index (κ3) is 5.62. The van der Waals surface area contributed by atoms with Gasteiger partial charge in [0.1, 0.15) is 0 Å². The Bertz CT molecular complexity index is 757. The highest BCUT2D eigenvalue weighted by molar-refractivity contribution is 5.96. The fourth-order valence-electron chi connectivity index (χ4n) is 2.47. The van der Waals surface area contributed by atoms with Gasteiger partial charge in [0.15, 0.2) is 11.5 Å². The topological polar surface area (TPSA) is 59.9 Å². The van der Waals surface area contributed by atoms with Gasteiger partial charge in [0.2, 0.25) is 0 Å².